The van der Waals surface area contributed by atoms with E-state index >= 15 is 0 Å². The molecule has 1 aliphatic heterocycles. The third-order valence-corrected chi connectivity index (χ3v) is 4.61. The molecule has 2 aromatic rings. The second-order valence-electron chi connectivity index (χ2n) is 6.05. The highest BCUT2D eigenvalue weighted by molar-refractivity contribution is 6.18. The number of fused-ring (bicyclic) bond motifs is 1. The molecule has 1 aliphatic rings. The molecule has 21 heavy (non-hydrogen) atoms. The Balaban J connectivity index is 1.70. The lowest BCUT2D eigenvalue weighted by Gasteiger charge is -2.19. The van der Waals surface area contributed by atoms with Gasteiger partial charge < -0.3 is 4.74 Å². The number of aryl methyl sites for hydroxylation is 2. The summed E-state index contributed by atoms with van der Waals surface area (Å²) >= 11 is 6.20. The molecule has 0 N–H and O–H groups in total. The van der Waals surface area contributed by atoms with Gasteiger partial charge in [-0.15, -0.1) is 11.6 Å². The SMILES string of the molecule is Cc1ccc(C(CCl)CC2Cc3cc(C)ccc3O2)cc1. The first-order valence-corrected chi connectivity index (χ1v) is 8.08. The Kier molecular flexibility index (Phi) is 4.21. The summed E-state index contributed by atoms with van der Waals surface area (Å²) in [5.74, 6) is 2.04. The van der Waals surface area contributed by atoms with Crippen molar-refractivity contribution in [3.05, 3.63) is 64.7 Å². The van der Waals surface area contributed by atoms with Gasteiger partial charge in [-0.1, -0.05) is 47.5 Å². The first kappa shape index (κ1) is 14.5. The maximum absolute atomic E-state index is 6.20. The van der Waals surface area contributed by atoms with Crippen molar-refractivity contribution in [2.45, 2.75) is 38.7 Å². The second kappa shape index (κ2) is 6.11. The van der Waals surface area contributed by atoms with E-state index in [0.29, 0.717) is 11.8 Å². The van der Waals surface area contributed by atoms with E-state index in [-0.39, 0.29) is 6.10 Å². The third-order valence-electron chi connectivity index (χ3n) is 4.24. The van der Waals surface area contributed by atoms with E-state index in [0.717, 1.165) is 18.6 Å². The van der Waals surface area contributed by atoms with E-state index in [2.05, 4.69) is 56.3 Å². The minimum absolute atomic E-state index is 0.242. The molecule has 0 spiro atoms. The van der Waals surface area contributed by atoms with Crippen LogP contribution in [0.4, 0.5) is 0 Å². The summed E-state index contributed by atoms with van der Waals surface area (Å²) in [5.41, 5.74) is 5.22. The lowest BCUT2D eigenvalue weighted by atomic mass is 9.92. The first-order chi connectivity index (χ1) is 10.2. The molecule has 0 aliphatic carbocycles. The summed E-state index contributed by atoms with van der Waals surface area (Å²) in [6.45, 7) is 4.24. The molecule has 3 rings (SSSR count). The molecule has 0 fully saturated rings. The molecule has 0 bridgehead atoms. The molecule has 1 nitrogen and oxygen atoms in total. The number of benzene rings is 2. The predicted molar refractivity (Wildman–Crippen MR) is 88.6 cm³/mol. The fourth-order valence-electron chi connectivity index (χ4n) is 3.02. The summed E-state index contributed by atoms with van der Waals surface area (Å²) in [4.78, 5) is 0. The summed E-state index contributed by atoms with van der Waals surface area (Å²) in [5, 5.41) is 0. The van der Waals surface area contributed by atoms with E-state index in [9.17, 15) is 0 Å². The largest absolute Gasteiger partial charge is 0.490 e. The fourth-order valence-corrected chi connectivity index (χ4v) is 3.33. The standard InChI is InChI=1S/C19H21ClO/c1-13-3-6-15(7-4-13)17(12-20)11-18-10-16-9-14(2)5-8-19(16)21-18/h3-9,17-18H,10-12H2,1-2H3. The van der Waals surface area contributed by atoms with Crippen LogP contribution in [0, 0.1) is 13.8 Å². The molecule has 0 aromatic heterocycles. The molecule has 0 amide bonds. The highest BCUT2D eigenvalue weighted by atomic mass is 35.5. The van der Waals surface area contributed by atoms with E-state index in [4.69, 9.17) is 16.3 Å². The highest BCUT2D eigenvalue weighted by Gasteiger charge is 2.26. The molecular formula is C19H21ClO. The Hall–Kier alpha value is -1.47. The van der Waals surface area contributed by atoms with Crippen LogP contribution in [-0.2, 0) is 6.42 Å². The van der Waals surface area contributed by atoms with Crippen molar-refractivity contribution in [3.8, 4) is 5.75 Å². The summed E-state index contributed by atoms with van der Waals surface area (Å²) in [7, 11) is 0. The van der Waals surface area contributed by atoms with Crippen LogP contribution in [0.5, 0.6) is 5.75 Å². The van der Waals surface area contributed by atoms with Crippen LogP contribution in [0.2, 0.25) is 0 Å². The lowest BCUT2D eigenvalue weighted by Crippen LogP contribution is -2.18. The molecule has 0 saturated carbocycles. The van der Waals surface area contributed by atoms with Gasteiger partial charge in [-0.3, -0.25) is 0 Å². The summed E-state index contributed by atoms with van der Waals surface area (Å²) in [6.07, 6.45) is 2.21. The van der Waals surface area contributed by atoms with Gasteiger partial charge >= 0.3 is 0 Å². The molecule has 2 atom stereocenters. The van der Waals surface area contributed by atoms with Crippen molar-refractivity contribution < 1.29 is 4.74 Å². The zero-order chi connectivity index (χ0) is 14.8. The van der Waals surface area contributed by atoms with Crippen LogP contribution < -0.4 is 4.74 Å². The van der Waals surface area contributed by atoms with Crippen molar-refractivity contribution >= 4 is 11.6 Å². The normalized spacial score (nSPS) is 18.1. The molecule has 0 radical (unpaired) electrons. The highest BCUT2D eigenvalue weighted by Crippen LogP contribution is 2.34. The maximum atomic E-state index is 6.20. The van der Waals surface area contributed by atoms with Crippen molar-refractivity contribution in [2.75, 3.05) is 5.88 Å². The smallest absolute Gasteiger partial charge is 0.123 e. The van der Waals surface area contributed by atoms with Crippen molar-refractivity contribution in [2.24, 2.45) is 0 Å². The Morgan fingerprint density at radius 1 is 1.10 bits per heavy atom. The minimum atomic E-state index is 0.242. The maximum Gasteiger partial charge on any atom is 0.123 e. The minimum Gasteiger partial charge on any atom is -0.490 e. The zero-order valence-corrected chi connectivity index (χ0v) is 13.4. The number of rotatable bonds is 4. The lowest BCUT2D eigenvalue weighted by molar-refractivity contribution is 0.213. The van der Waals surface area contributed by atoms with Crippen molar-refractivity contribution in [3.63, 3.8) is 0 Å². The number of hydrogen-bond donors (Lipinski definition) is 0. The van der Waals surface area contributed by atoms with Crippen LogP contribution in [0.25, 0.3) is 0 Å². The molecule has 110 valence electrons. The molecule has 1 heterocycles. The average Bonchev–Trinajstić information content (AvgIpc) is 2.87. The molecule has 2 unspecified atom stereocenters. The predicted octanol–water partition coefficient (Wildman–Crippen LogP) is 5.02. The van der Waals surface area contributed by atoms with Crippen molar-refractivity contribution in [1.82, 2.24) is 0 Å². The van der Waals surface area contributed by atoms with E-state index in [1.807, 2.05) is 0 Å². The zero-order valence-electron chi connectivity index (χ0n) is 12.6. The Bertz CT molecular complexity index is 618. The quantitative estimate of drug-likeness (QED) is 0.720. The Morgan fingerprint density at radius 2 is 1.81 bits per heavy atom. The van der Waals surface area contributed by atoms with Crippen LogP contribution in [0.1, 0.15) is 34.6 Å². The number of ether oxygens (including phenoxy) is 1. The number of halogens is 1. The van der Waals surface area contributed by atoms with Crippen LogP contribution >= 0.6 is 11.6 Å². The van der Waals surface area contributed by atoms with Gasteiger partial charge in [0.2, 0.25) is 0 Å². The van der Waals surface area contributed by atoms with E-state index < -0.39 is 0 Å². The fraction of sp³-hybridized carbons (Fsp3) is 0.368. The van der Waals surface area contributed by atoms with Gasteiger partial charge in [-0.05, 0) is 37.5 Å². The van der Waals surface area contributed by atoms with Gasteiger partial charge in [0, 0.05) is 18.2 Å². The van der Waals surface area contributed by atoms with Gasteiger partial charge in [-0.2, -0.15) is 0 Å². The van der Waals surface area contributed by atoms with Gasteiger partial charge in [0.15, 0.2) is 0 Å². The molecular weight excluding hydrogens is 280 g/mol. The summed E-state index contributed by atoms with van der Waals surface area (Å²) in [6, 6.07) is 15.1. The van der Waals surface area contributed by atoms with Gasteiger partial charge in [-0.25, -0.2) is 0 Å². The Labute approximate surface area is 131 Å². The van der Waals surface area contributed by atoms with Gasteiger partial charge in [0.05, 0.1) is 0 Å². The van der Waals surface area contributed by atoms with Gasteiger partial charge in [0.25, 0.3) is 0 Å². The van der Waals surface area contributed by atoms with Crippen LogP contribution in [-0.4, -0.2) is 12.0 Å². The first-order valence-electron chi connectivity index (χ1n) is 7.54. The third kappa shape index (κ3) is 3.24. The van der Waals surface area contributed by atoms with Crippen LogP contribution in [0.3, 0.4) is 0 Å². The number of hydrogen-bond acceptors (Lipinski definition) is 1. The van der Waals surface area contributed by atoms with E-state index in [1.54, 1.807) is 0 Å². The monoisotopic (exact) mass is 300 g/mol. The van der Waals surface area contributed by atoms with Gasteiger partial charge in [0.1, 0.15) is 11.9 Å². The van der Waals surface area contributed by atoms with E-state index in [1.165, 1.54) is 22.3 Å². The van der Waals surface area contributed by atoms with Crippen LogP contribution in [0.15, 0.2) is 42.5 Å². The Morgan fingerprint density at radius 3 is 2.52 bits per heavy atom. The molecule has 2 aromatic carbocycles. The molecule has 0 saturated heterocycles. The average molecular weight is 301 g/mol. The van der Waals surface area contributed by atoms with Crippen molar-refractivity contribution in [1.29, 1.82) is 0 Å². The second-order valence-corrected chi connectivity index (χ2v) is 6.36. The number of alkyl halides is 1. The molecule has 2 heteroatoms. The summed E-state index contributed by atoms with van der Waals surface area (Å²) < 4.78 is 6.08. The topological polar surface area (TPSA) is 9.23 Å².